The predicted molar refractivity (Wildman–Crippen MR) is 86.0 cm³/mol. The van der Waals surface area contributed by atoms with Gasteiger partial charge in [0.15, 0.2) is 17.3 Å². The molecule has 2 N–H and O–H groups in total. The van der Waals surface area contributed by atoms with Crippen molar-refractivity contribution in [2.24, 2.45) is 0 Å². The number of benzene rings is 1. The van der Waals surface area contributed by atoms with Crippen molar-refractivity contribution in [2.45, 2.75) is 26.3 Å². The first-order valence-corrected chi connectivity index (χ1v) is 6.88. The van der Waals surface area contributed by atoms with E-state index in [0.29, 0.717) is 23.3 Å². The average Bonchev–Trinajstić information content (AvgIpc) is 2.45. The Bertz CT molecular complexity index is 640. The summed E-state index contributed by atoms with van der Waals surface area (Å²) in [5.74, 6) is 2.35. The Morgan fingerprint density at radius 3 is 2.41 bits per heavy atom. The largest absolute Gasteiger partial charge is 0.493 e. The maximum Gasteiger partial charge on any atom is 0.249 e. The monoisotopic (exact) mass is 303 g/mol. The minimum atomic E-state index is -0.101. The van der Waals surface area contributed by atoms with Crippen LogP contribution < -0.4 is 20.1 Å². The van der Waals surface area contributed by atoms with Crippen molar-refractivity contribution < 1.29 is 9.47 Å². The van der Waals surface area contributed by atoms with Gasteiger partial charge >= 0.3 is 0 Å². The lowest BCUT2D eigenvalue weighted by atomic mass is 10.1. The third-order valence-electron chi connectivity index (χ3n) is 2.70. The normalized spacial score (nSPS) is 11.0. The summed E-state index contributed by atoms with van der Waals surface area (Å²) in [7, 11) is 3.19. The van der Waals surface area contributed by atoms with Crippen LogP contribution in [0.15, 0.2) is 24.4 Å². The van der Waals surface area contributed by atoms with Crippen molar-refractivity contribution >= 4 is 17.5 Å². The van der Waals surface area contributed by atoms with Crippen LogP contribution in [0.5, 0.6) is 11.5 Å². The molecule has 0 aliphatic heterocycles. The molecule has 7 nitrogen and oxygen atoms in total. The lowest BCUT2D eigenvalue weighted by molar-refractivity contribution is 0.355. The minimum absolute atomic E-state index is 0.101. The average molecular weight is 303 g/mol. The van der Waals surface area contributed by atoms with E-state index in [4.69, 9.17) is 9.47 Å². The second-order valence-corrected chi connectivity index (χ2v) is 5.73. The first-order chi connectivity index (χ1) is 10.4. The van der Waals surface area contributed by atoms with Gasteiger partial charge in [0.2, 0.25) is 5.95 Å². The lowest BCUT2D eigenvalue weighted by Crippen LogP contribution is -2.27. The molecule has 0 spiro atoms. The summed E-state index contributed by atoms with van der Waals surface area (Å²) in [6, 6.07) is 5.48. The van der Waals surface area contributed by atoms with Gasteiger partial charge < -0.3 is 20.1 Å². The Morgan fingerprint density at radius 1 is 1.05 bits per heavy atom. The molecule has 1 aromatic carbocycles. The molecule has 0 saturated heterocycles. The topological polar surface area (TPSA) is 81.2 Å². The van der Waals surface area contributed by atoms with Crippen LogP contribution in [0, 0.1) is 0 Å². The highest BCUT2D eigenvalue weighted by molar-refractivity contribution is 5.60. The summed E-state index contributed by atoms with van der Waals surface area (Å²) in [4.78, 5) is 4.38. The molecule has 118 valence electrons. The van der Waals surface area contributed by atoms with Crippen molar-refractivity contribution in [1.82, 2.24) is 15.2 Å². The van der Waals surface area contributed by atoms with Gasteiger partial charge in [-0.3, -0.25) is 0 Å². The van der Waals surface area contributed by atoms with Gasteiger partial charge in [-0.25, -0.2) is 0 Å². The van der Waals surface area contributed by atoms with Crippen LogP contribution in [0.4, 0.5) is 17.5 Å². The number of ether oxygens (including phenoxy) is 2. The van der Waals surface area contributed by atoms with Gasteiger partial charge in [-0.2, -0.15) is 10.1 Å². The van der Waals surface area contributed by atoms with E-state index in [2.05, 4.69) is 46.6 Å². The summed E-state index contributed by atoms with van der Waals surface area (Å²) < 4.78 is 10.5. The molecule has 0 radical (unpaired) electrons. The summed E-state index contributed by atoms with van der Waals surface area (Å²) in [6.45, 7) is 6.16. The fourth-order valence-corrected chi connectivity index (χ4v) is 1.84. The van der Waals surface area contributed by atoms with Gasteiger partial charge in [0.1, 0.15) is 0 Å². The Hall–Kier alpha value is -2.57. The number of anilines is 3. The molecule has 0 fully saturated rings. The van der Waals surface area contributed by atoms with Gasteiger partial charge in [-0.05, 0) is 32.9 Å². The van der Waals surface area contributed by atoms with E-state index in [0.717, 1.165) is 5.69 Å². The van der Waals surface area contributed by atoms with Crippen LogP contribution >= 0.6 is 0 Å². The molecule has 0 aliphatic carbocycles. The third-order valence-corrected chi connectivity index (χ3v) is 2.70. The maximum atomic E-state index is 5.27. The van der Waals surface area contributed by atoms with Crippen LogP contribution in [0.25, 0.3) is 0 Å². The van der Waals surface area contributed by atoms with Gasteiger partial charge in [-0.15, -0.1) is 5.10 Å². The van der Waals surface area contributed by atoms with E-state index in [-0.39, 0.29) is 5.54 Å². The smallest absolute Gasteiger partial charge is 0.249 e. The molecule has 2 rings (SSSR count). The lowest BCUT2D eigenvalue weighted by Gasteiger charge is -2.20. The molecule has 0 unspecified atom stereocenters. The van der Waals surface area contributed by atoms with E-state index in [9.17, 15) is 0 Å². The van der Waals surface area contributed by atoms with E-state index in [1.807, 2.05) is 18.2 Å². The van der Waals surface area contributed by atoms with Crippen molar-refractivity contribution in [3.8, 4) is 11.5 Å². The fraction of sp³-hybridized carbons (Fsp3) is 0.400. The van der Waals surface area contributed by atoms with Crippen molar-refractivity contribution in [1.29, 1.82) is 0 Å². The molecule has 7 heteroatoms. The number of hydrogen-bond donors (Lipinski definition) is 2. The Morgan fingerprint density at radius 2 is 1.77 bits per heavy atom. The number of nitrogens with one attached hydrogen (secondary N) is 2. The summed E-state index contributed by atoms with van der Waals surface area (Å²) in [5.41, 5.74) is 0.684. The van der Waals surface area contributed by atoms with E-state index in [1.54, 1.807) is 20.4 Å². The Balaban J connectivity index is 2.18. The van der Waals surface area contributed by atoms with Gasteiger partial charge in [0.25, 0.3) is 0 Å². The highest BCUT2D eigenvalue weighted by Crippen LogP contribution is 2.30. The second-order valence-electron chi connectivity index (χ2n) is 5.73. The van der Waals surface area contributed by atoms with Gasteiger partial charge in [-0.1, -0.05) is 0 Å². The molecule has 1 aromatic heterocycles. The molecule has 0 amide bonds. The zero-order chi connectivity index (χ0) is 16.2. The van der Waals surface area contributed by atoms with Crippen LogP contribution in [0.3, 0.4) is 0 Å². The number of aromatic nitrogens is 3. The zero-order valence-corrected chi connectivity index (χ0v) is 13.5. The van der Waals surface area contributed by atoms with Gasteiger partial charge in [0.05, 0.1) is 20.4 Å². The van der Waals surface area contributed by atoms with Crippen LogP contribution in [-0.4, -0.2) is 34.9 Å². The van der Waals surface area contributed by atoms with Crippen LogP contribution in [0.2, 0.25) is 0 Å². The third kappa shape index (κ3) is 4.21. The second kappa shape index (κ2) is 6.46. The molecule has 2 aromatic rings. The van der Waals surface area contributed by atoms with E-state index < -0.39 is 0 Å². The molecule has 0 atom stereocenters. The van der Waals surface area contributed by atoms with Crippen LogP contribution in [-0.2, 0) is 0 Å². The Labute approximate surface area is 130 Å². The van der Waals surface area contributed by atoms with Gasteiger partial charge in [0, 0.05) is 17.3 Å². The van der Waals surface area contributed by atoms with Crippen molar-refractivity contribution in [3.63, 3.8) is 0 Å². The number of hydrogen-bond acceptors (Lipinski definition) is 7. The summed E-state index contributed by atoms with van der Waals surface area (Å²) in [5, 5.41) is 14.3. The quantitative estimate of drug-likeness (QED) is 0.879. The summed E-state index contributed by atoms with van der Waals surface area (Å²) >= 11 is 0. The molecule has 22 heavy (non-hydrogen) atoms. The summed E-state index contributed by atoms with van der Waals surface area (Å²) in [6.07, 6.45) is 1.59. The molecule has 0 saturated carbocycles. The number of nitrogens with zero attached hydrogens (tertiary/aromatic N) is 3. The Kier molecular flexibility index (Phi) is 4.65. The maximum absolute atomic E-state index is 5.27. The molecule has 0 aliphatic rings. The van der Waals surface area contributed by atoms with E-state index in [1.165, 1.54) is 0 Å². The SMILES string of the molecule is COc1ccc(Nc2nncc(NC(C)(C)C)n2)cc1OC. The fourth-order valence-electron chi connectivity index (χ4n) is 1.84. The molecule has 1 heterocycles. The molecule has 0 bridgehead atoms. The van der Waals surface area contributed by atoms with Crippen LogP contribution in [0.1, 0.15) is 20.8 Å². The molecular formula is C15H21N5O2. The minimum Gasteiger partial charge on any atom is -0.493 e. The zero-order valence-electron chi connectivity index (χ0n) is 13.5. The number of rotatable bonds is 5. The predicted octanol–water partition coefficient (Wildman–Crippen LogP) is 2.84. The van der Waals surface area contributed by atoms with Crippen molar-refractivity contribution in [3.05, 3.63) is 24.4 Å². The van der Waals surface area contributed by atoms with E-state index >= 15 is 0 Å². The highest BCUT2D eigenvalue weighted by atomic mass is 16.5. The first-order valence-electron chi connectivity index (χ1n) is 6.88. The highest BCUT2D eigenvalue weighted by Gasteiger charge is 2.11. The first kappa shape index (κ1) is 15.8. The molecular weight excluding hydrogens is 282 g/mol. The standard InChI is InChI=1S/C15H21N5O2/c1-15(2,3)19-13-9-16-20-14(18-13)17-10-6-7-11(21-4)12(8-10)22-5/h6-9H,1-5H3,(H2,17,18,19,20). The number of methoxy groups -OCH3 is 2. The van der Waals surface area contributed by atoms with Crippen molar-refractivity contribution in [2.75, 3.05) is 24.9 Å².